The van der Waals surface area contributed by atoms with E-state index in [4.69, 9.17) is 4.74 Å². The average Bonchev–Trinajstić information content (AvgIpc) is 2.57. The third-order valence-electron chi connectivity index (χ3n) is 3.33. The van der Waals surface area contributed by atoms with Crippen LogP contribution in [0.25, 0.3) is 0 Å². The number of benzene rings is 3. The number of alkyl halides is 3. The van der Waals surface area contributed by atoms with E-state index in [-0.39, 0.29) is 0 Å². The molecule has 0 aliphatic rings. The van der Waals surface area contributed by atoms with Crippen LogP contribution in [-0.4, -0.2) is 0 Å². The molecule has 2 nitrogen and oxygen atoms in total. The van der Waals surface area contributed by atoms with Crippen LogP contribution in [0.1, 0.15) is 5.56 Å². The topological polar surface area (TPSA) is 21.3 Å². The molecule has 3 aromatic carbocycles. The highest BCUT2D eigenvalue weighted by atomic mass is 19.4. The lowest BCUT2D eigenvalue weighted by molar-refractivity contribution is -0.137. The number of para-hydroxylation sites is 1. The summed E-state index contributed by atoms with van der Waals surface area (Å²) in [5, 5.41) is 3.05. The van der Waals surface area contributed by atoms with Gasteiger partial charge >= 0.3 is 6.18 Å². The highest BCUT2D eigenvalue weighted by Crippen LogP contribution is 2.30. The van der Waals surface area contributed by atoms with Crippen molar-refractivity contribution in [2.45, 2.75) is 6.18 Å². The van der Waals surface area contributed by atoms with E-state index in [2.05, 4.69) is 5.32 Å². The van der Waals surface area contributed by atoms with Crippen LogP contribution in [0.4, 0.5) is 24.5 Å². The lowest BCUT2D eigenvalue weighted by Crippen LogP contribution is -2.04. The van der Waals surface area contributed by atoms with E-state index in [1.165, 1.54) is 12.1 Å². The first-order valence-corrected chi connectivity index (χ1v) is 7.28. The molecule has 0 saturated carbocycles. The minimum atomic E-state index is -4.32. The first kappa shape index (κ1) is 15.9. The summed E-state index contributed by atoms with van der Waals surface area (Å²) in [6, 6.07) is 21.5. The summed E-state index contributed by atoms with van der Waals surface area (Å²) in [5.74, 6) is 1.42. The van der Waals surface area contributed by atoms with Gasteiger partial charge in [-0.05, 0) is 60.7 Å². The fraction of sp³-hybridized carbons (Fsp3) is 0.0526. The van der Waals surface area contributed by atoms with Crippen LogP contribution >= 0.6 is 0 Å². The predicted molar refractivity (Wildman–Crippen MR) is 87.7 cm³/mol. The predicted octanol–water partition coefficient (Wildman–Crippen LogP) is 6.24. The monoisotopic (exact) mass is 329 g/mol. The van der Waals surface area contributed by atoms with Crippen molar-refractivity contribution in [3.8, 4) is 11.5 Å². The quantitative estimate of drug-likeness (QED) is 0.611. The van der Waals surface area contributed by atoms with Gasteiger partial charge < -0.3 is 10.1 Å². The average molecular weight is 329 g/mol. The normalized spacial score (nSPS) is 11.1. The van der Waals surface area contributed by atoms with Crippen molar-refractivity contribution >= 4 is 11.4 Å². The minimum Gasteiger partial charge on any atom is -0.457 e. The van der Waals surface area contributed by atoms with Crippen LogP contribution in [0.15, 0.2) is 78.9 Å². The molecule has 0 radical (unpaired) electrons. The molecule has 24 heavy (non-hydrogen) atoms. The number of hydrogen-bond acceptors (Lipinski definition) is 2. The first-order valence-electron chi connectivity index (χ1n) is 7.28. The molecule has 0 fully saturated rings. The molecule has 0 aromatic heterocycles. The molecule has 5 heteroatoms. The summed E-state index contributed by atoms with van der Waals surface area (Å²) in [6.07, 6.45) is -4.32. The van der Waals surface area contributed by atoms with Crippen molar-refractivity contribution in [1.29, 1.82) is 0 Å². The molecule has 0 saturated heterocycles. The van der Waals surface area contributed by atoms with E-state index < -0.39 is 11.7 Å². The third-order valence-corrected chi connectivity index (χ3v) is 3.33. The number of anilines is 2. The zero-order chi connectivity index (χ0) is 17.0. The summed E-state index contributed by atoms with van der Waals surface area (Å²) in [4.78, 5) is 0. The third kappa shape index (κ3) is 4.07. The fourth-order valence-electron chi connectivity index (χ4n) is 2.14. The molecular weight excluding hydrogens is 315 g/mol. The molecule has 3 aromatic rings. The van der Waals surface area contributed by atoms with E-state index in [1.54, 1.807) is 24.3 Å². The van der Waals surface area contributed by atoms with E-state index in [1.807, 2.05) is 30.3 Å². The Morgan fingerprint density at radius 1 is 0.625 bits per heavy atom. The number of hydrogen-bond donors (Lipinski definition) is 1. The Morgan fingerprint density at radius 2 is 1.12 bits per heavy atom. The van der Waals surface area contributed by atoms with Crippen LogP contribution in [0.5, 0.6) is 11.5 Å². The standard InChI is InChI=1S/C19H14F3NO/c20-19(21,22)14-6-8-15(9-7-14)23-16-10-12-18(13-11-16)24-17-4-2-1-3-5-17/h1-13,23H. The minimum absolute atomic E-state index is 0.583. The first-order chi connectivity index (χ1) is 11.5. The Balaban J connectivity index is 1.66. The SMILES string of the molecule is FC(F)(F)c1ccc(Nc2ccc(Oc3ccccc3)cc2)cc1. The molecule has 0 heterocycles. The summed E-state index contributed by atoms with van der Waals surface area (Å²) in [7, 11) is 0. The Hall–Kier alpha value is -2.95. The molecule has 0 aliphatic carbocycles. The van der Waals surface area contributed by atoms with E-state index in [0.29, 0.717) is 11.4 Å². The van der Waals surface area contributed by atoms with Gasteiger partial charge in [-0.1, -0.05) is 18.2 Å². The summed E-state index contributed by atoms with van der Waals surface area (Å²) in [6.45, 7) is 0. The zero-order valence-corrected chi connectivity index (χ0v) is 12.5. The van der Waals surface area contributed by atoms with Gasteiger partial charge in [-0.3, -0.25) is 0 Å². The van der Waals surface area contributed by atoms with Crippen LogP contribution < -0.4 is 10.1 Å². The van der Waals surface area contributed by atoms with Crippen molar-refractivity contribution in [1.82, 2.24) is 0 Å². The molecule has 122 valence electrons. The number of halogens is 3. The number of rotatable bonds is 4. The lowest BCUT2D eigenvalue weighted by Gasteiger charge is -2.10. The van der Waals surface area contributed by atoms with Gasteiger partial charge in [-0.25, -0.2) is 0 Å². The molecule has 3 rings (SSSR count). The van der Waals surface area contributed by atoms with Gasteiger partial charge in [-0.15, -0.1) is 0 Å². The van der Waals surface area contributed by atoms with Gasteiger partial charge in [0.25, 0.3) is 0 Å². The van der Waals surface area contributed by atoms with E-state index in [0.717, 1.165) is 23.6 Å². The van der Waals surface area contributed by atoms with Gasteiger partial charge in [0.05, 0.1) is 5.56 Å². The Labute approximate surface area is 137 Å². The van der Waals surface area contributed by atoms with Gasteiger partial charge in [0, 0.05) is 11.4 Å². The second-order valence-electron chi connectivity index (χ2n) is 5.14. The molecule has 0 unspecified atom stereocenters. The van der Waals surface area contributed by atoms with E-state index in [9.17, 15) is 13.2 Å². The number of ether oxygens (including phenoxy) is 1. The molecule has 0 spiro atoms. The van der Waals surface area contributed by atoms with Crippen LogP contribution in [0.2, 0.25) is 0 Å². The number of nitrogens with one attached hydrogen (secondary N) is 1. The largest absolute Gasteiger partial charge is 0.457 e. The van der Waals surface area contributed by atoms with Crippen molar-refractivity contribution in [2.75, 3.05) is 5.32 Å². The van der Waals surface area contributed by atoms with Crippen molar-refractivity contribution in [3.05, 3.63) is 84.4 Å². The van der Waals surface area contributed by atoms with Gasteiger partial charge in [-0.2, -0.15) is 13.2 Å². The summed E-state index contributed by atoms with van der Waals surface area (Å²) >= 11 is 0. The van der Waals surface area contributed by atoms with Crippen LogP contribution in [0, 0.1) is 0 Å². The molecule has 0 bridgehead atoms. The maximum Gasteiger partial charge on any atom is 0.416 e. The zero-order valence-electron chi connectivity index (χ0n) is 12.5. The Morgan fingerprint density at radius 3 is 1.67 bits per heavy atom. The van der Waals surface area contributed by atoms with Crippen LogP contribution in [0.3, 0.4) is 0 Å². The van der Waals surface area contributed by atoms with Gasteiger partial charge in [0.1, 0.15) is 11.5 Å². The van der Waals surface area contributed by atoms with Crippen LogP contribution in [-0.2, 0) is 6.18 Å². The van der Waals surface area contributed by atoms with Crippen molar-refractivity contribution < 1.29 is 17.9 Å². The fourth-order valence-corrected chi connectivity index (χ4v) is 2.14. The highest BCUT2D eigenvalue weighted by Gasteiger charge is 2.29. The Bertz CT molecular complexity index is 782. The molecule has 1 N–H and O–H groups in total. The Kier molecular flexibility index (Phi) is 4.42. The van der Waals surface area contributed by atoms with Gasteiger partial charge in [0.2, 0.25) is 0 Å². The summed E-state index contributed by atoms with van der Waals surface area (Å²) < 4.78 is 43.3. The van der Waals surface area contributed by atoms with Crippen molar-refractivity contribution in [3.63, 3.8) is 0 Å². The van der Waals surface area contributed by atoms with E-state index >= 15 is 0 Å². The molecule has 0 aliphatic heterocycles. The highest BCUT2D eigenvalue weighted by molar-refractivity contribution is 5.60. The summed E-state index contributed by atoms with van der Waals surface area (Å²) in [5.41, 5.74) is 0.676. The second-order valence-corrected chi connectivity index (χ2v) is 5.14. The van der Waals surface area contributed by atoms with Gasteiger partial charge in [0.15, 0.2) is 0 Å². The molecule has 0 atom stereocenters. The smallest absolute Gasteiger partial charge is 0.416 e. The molecule has 0 amide bonds. The second kappa shape index (κ2) is 6.66. The molecular formula is C19H14F3NO. The van der Waals surface area contributed by atoms with Crippen molar-refractivity contribution in [2.24, 2.45) is 0 Å². The lowest BCUT2D eigenvalue weighted by atomic mass is 10.2. The maximum atomic E-state index is 12.5. The maximum absolute atomic E-state index is 12.5.